The minimum atomic E-state index is -0.0559. The maximum Gasteiger partial charge on any atom is 0.0502 e. The number of para-hydroxylation sites is 2. The van der Waals surface area contributed by atoms with Crippen LogP contribution in [0.5, 0.6) is 0 Å². The zero-order valence-electron chi connectivity index (χ0n) is 23.4. The Balaban J connectivity index is 1.21. The van der Waals surface area contributed by atoms with E-state index in [1.807, 2.05) is 22.7 Å². The van der Waals surface area contributed by atoms with Crippen LogP contribution in [0.15, 0.2) is 127 Å². The van der Waals surface area contributed by atoms with Gasteiger partial charge in [0.2, 0.25) is 0 Å². The molecule has 0 aliphatic carbocycles. The van der Waals surface area contributed by atoms with Crippen LogP contribution in [0, 0.1) is 0 Å². The smallest absolute Gasteiger partial charge is 0.0502 e. The molecule has 3 heterocycles. The number of fused-ring (bicyclic) bond motifs is 9. The average Bonchev–Trinajstić information content (AvgIpc) is 3.60. The molecule has 0 bridgehead atoms. The molecule has 0 atom stereocenters. The third-order valence-electron chi connectivity index (χ3n) is 9.08. The number of thiophene rings is 2. The van der Waals surface area contributed by atoms with Crippen LogP contribution < -0.4 is 4.90 Å². The second-order valence-electron chi connectivity index (χ2n) is 11.7. The second kappa shape index (κ2) is 8.78. The van der Waals surface area contributed by atoms with Crippen LogP contribution in [-0.2, 0) is 5.41 Å². The van der Waals surface area contributed by atoms with Crippen LogP contribution in [0.3, 0.4) is 0 Å². The summed E-state index contributed by atoms with van der Waals surface area (Å²) < 4.78 is 5.48. The fraction of sp³-hybridized carbons (Fsp3) is 0.0769. The molecule has 0 amide bonds. The first-order chi connectivity index (χ1) is 20.6. The Morgan fingerprint density at radius 3 is 1.90 bits per heavy atom. The van der Waals surface area contributed by atoms with Gasteiger partial charge < -0.3 is 4.90 Å². The molecule has 0 unspecified atom stereocenters. The van der Waals surface area contributed by atoms with E-state index in [0.29, 0.717) is 0 Å². The highest BCUT2D eigenvalue weighted by Gasteiger charge is 2.36. The average molecular weight is 574 g/mol. The Morgan fingerprint density at radius 2 is 1.14 bits per heavy atom. The molecule has 200 valence electrons. The van der Waals surface area contributed by atoms with Gasteiger partial charge in [0.05, 0.1) is 11.4 Å². The van der Waals surface area contributed by atoms with Crippen LogP contribution in [0.25, 0.3) is 51.5 Å². The van der Waals surface area contributed by atoms with Crippen molar-refractivity contribution in [2.24, 2.45) is 0 Å². The summed E-state index contributed by atoms with van der Waals surface area (Å²) in [5.41, 5.74) is 8.91. The van der Waals surface area contributed by atoms with E-state index in [9.17, 15) is 0 Å². The van der Waals surface area contributed by atoms with Crippen molar-refractivity contribution < 1.29 is 0 Å². The number of rotatable bonds is 2. The van der Waals surface area contributed by atoms with Crippen molar-refractivity contribution in [3.05, 3.63) is 139 Å². The molecular formula is C39H27NS2. The number of benzene rings is 6. The van der Waals surface area contributed by atoms with Gasteiger partial charge in [-0.05, 0) is 58.7 Å². The zero-order chi connectivity index (χ0) is 28.0. The van der Waals surface area contributed by atoms with Crippen LogP contribution in [0.4, 0.5) is 17.1 Å². The molecule has 8 aromatic rings. The fourth-order valence-corrected chi connectivity index (χ4v) is 9.61. The Hall–Kier alpha value is -4.44. The van der Waals surface area contributed by atoms with E-state index in [0.717, 1.165) is 0 Å². The number of anilines is 3. The van der Waals surface area contributed by atoms with E-state index in [1.54, 1.807) is 0 Å². The lowest BCUT2D eigenvalue weighted by atomic mass is 9.73. The van der Waals surface area contributed by atoms with Gasteiger partial charge in [-0.25, -0.2) is 0 Å². The fourth-order valence-electron chi connectivity index (χ4n) is 7.03. The highest BCUT2D eigenvalue weighted by molar-refractivity contribution is 7.30. The quantitative estimate of drug-likeness (QED) is 0.199. The molecule has 0 fully saturated rings. The van der Waals surface area contributed by atoms with Crippen molar-refractivity contribution >= 4 is 80.1 Å². The Kier molecular flexibility index (Phi) is 5.06. The van der Waals surface area contributed by atoms with Crippen LogP contribution in [-0.4, -0.2) is 0 Å². The maximum absolute atomic E-state index is 2.43. The topological polar surface area (TPSA) is 3.24 Å². The van der Waals surface area contributed by atoms with Gasteiger partial charge in [0.25, 0.3) is 0 Å². The predicted octanol–water partition coefficient (Wildman–Crippen LogP) is 12.2. The normalized spacial score (nSPS) is 14.1. The van der Waals surface area contributed by atoms with Gasteiger partial charge in [0.1, 0.15) is 0 Å². The second-order valence-corrected chi connectivity index (χ2v) is 13.8. The molecule has 1 nitrogen and oxygen atoms in total. The summed E-state index contributed by atoms with van der Waals surface area (Å²) in [6.45, 7) is 4.67. The van der Waals surface area contributed by atoms with E-state index in [4.69, 9.17) is 0 Å². The van der Waals surface area contributed by atoms with Crippen LogP contribution in [0.1, 0.15) is 25.0 Å². The first-order valence-corrected chi connectivity index (χ1v) is 16.1. The molecule has 1 aliphatic rings. The SMILES string of the molecule is CC1(C)c2ccccc2N(c2ccc(-c3cccc4c3sc3c4ccc4sc5ccccc5c43)cc2)c2ccccc21. The van der Waals surface area contributed by atoms with Gasteiger partial charge in [0.15, 0.2) is 0 Å². The first-order valence-electron chi connectivity index (χ1n) is 14.4. The molecule has 0 saturated heterocycles. The van der Waals surface area contributed by atoms with Gasteiger partial charge >= 0.3 is 0 Å². The van der Waals surface area contributed by atoms with E-state index in [-0.39, 0.29) is 5.41 Å². The van der Waals surface area contributed by atoms with E-state index >= 15 is 0 Å². The minimum Gasteiger partial charge on any atom is -0.310 e. The van der Waals surface area contributed by atoms with Crippen molar-refractivity contribution in [2.45, 2.75) is 19.3 Å². The summed E-state index contributed by atoms with van der Waals surface area (Å²) in [5.74, 6) is 0. The molecule has 0 radical (unpaired) electrons. The lowest BCUT2D eigenvalue weighted by Crippen LogP contribution is -2.30. The number of hydrogen-bond acceptors (Lipinski definition) is 3. The third kappa shape index (κ3) is 3.29. The van der Waals surface area contributed by atoms with E-state index < -0.39 is 0 Å². The van der Waals surface area contributed by atoms with Gasteiger partial charge in [-0.1, -0.05) is 105 Å². The molecule has 0 N–H and O–H groups in total. The Bertz CT molecular complexity index is 2290. The molecule has 3 heteroatoms. The van der Waals surface area contributed by atoms with Crippen molar-refractivity contribution in [1.29, 1.82) is 0 Å². The van der Waals surface area contributed by atoms with Crippen molar-refractivity contribution in [3.8, 4) is 11.1 Å². The molecule has 1 aliphatic heterocycles. The Morgan fingerprint density at radius 1 is 0.500 bits per heavy atom. The van der Waals surface area contributed by atoms with Crippen LogP contribution >= 0.6 is 22.7 Å². The lowest BCUT2D eigenvalue weighted by Gasteiger charge is -2.42. The highest BCUT2D eigenvalue weighted by Crippen LogP contribution is 2.52. The monoisotopic (exact) mass is 573 g/mol. The third-order valence-corrected chi connectivity index (χ3v) is 11.5. The first kappa shape index (κ1) is 24.2. The standard InChI is InChI=1S/C39H27NS2/c1-39(2)30-13-4-6-15-32(30)40(33-16-7-5-14-31(33)39)25-20-18-24(19-21-25)26-11-9-12-27-28-22-23-35-36(38(28)42-37(26)27)29-10-3-8-17-34(29)41-35/h3-23H,1-2H3. The minimum absolute atomic E-state index is 0.0559. The lowest BCUT2D eigenvalue weighted by molar-refractivity contribution is 0.632. The van der Waals surface area contributed by atoms with Crippen LogP contribution in [0.2, 0.25) is 0 Å². The predicted molar refractivity (Wildman–Crippen MR) is 184 cm³/mol. The highest BCUT2D eigenvalue weighted by atomic mass is 32.1. The zero-order valence-corrected chi connectivity index (χ0v) is 25.0. The summed E-state index contributed by atoms with van der Waals surface area (Å²) in [5, 5.41) is 5.47. The molecule has 2 aromatic heterocycles. The molecule has 6 aromatic carbocycles. The molecular weight excluding hydrogens is 547 g/mol. The van der Waals surface area contributed by atoms with Gasteiger partial charge in [0, 0.05) is 51.4 Å². The Labute approximate surface area is 252 Å². The number of hydrogen-bond donors (Lipinski definition) is 0. The van der Waals surface area contributed by atoms with Gasteiger partial charge in [-0.2, -0.15) is 0 Å². The van der Waals surface area contributed by atoms with Gasteiger partial charge in [-0.15, -0.1) is 22.7 Å². The maximum atomic E-state index is 2.43. The molecule has 0 spiro atoms. The largest absolute Gasteiger partial charge is 0.310 e. The molecule has 42 heavy (non-hydrogen) atoms. The number of nitrogens with zero attached hydrogens (tertiary/aromatic N) is 1. The molecule has 0 saturated carbocycles. The van der Waals surface area contributed by atoms with E-state index in [2.05, 4.69) is 146 Å². The van der Waals surface area contributed by atoms with Gasteiger partial charge in [-0.3, -0.25) is 0 Å². The summed E-state index contributed by atoms with van der Waals surface area (Å²) in [4.78, 5) is 2.43. The summed E-state index contributed by atoms with van der Waals surface area (Å²) in [6, 6.07) is 47.1. The molecule has 9 rings (SSSR count). The van der Waals surface area contributed by atoms with Crippen molar-refractivity contribution in [2.75, 3.05) is 4.90 Å². The van der Waals surface area contributed by atoms with Crippen molar-refractivity contribution in [3.63, 3.8) is 0 Å². The summed E-state index contributed by atoms with van der Waals surface area (Å²) >= 11 is 3.84. The van der Waals surface area contributed by atoms with E-state index in [1.165, 1.54) is 79.7 Å². The summed E-state index contributed by atoms with van der Waals surface area (Å²) in [7, 11) is 0. The summed E-state index contributed by atoms with van der Waals surface area (Å²) in [6.07, 6.45) is 0. The van der Waals surface area contributed by atoms with Crippen molar-refractivity contribution in [1.82, 2.24) is 0 Å².